The average molecular weight is 683 g/mol. The van der Waals surface area contributed by atoms with Crippen LogP contribution in [0.3, 0.4) is 0 Å². The molecule has 2 atom stereocenters. The highest BCUT2D eigenvalue weighted by molar-refractivity contribution is 5.28. The van der Waals surface area contributed by atoms with Crippen LogP contribution in [0, 0.1) is 0 Å². The smallest absolute Gasteiger partial charge is 0.188 e. The number of hydrogen-bond donors (Lipinski definition) is 0. The van der Waals surface area contributed by atoms with E-state index in [1.807, 2.05) is 24.3 Å². The maximum absolute atomic E-state index is 7.08. The van der Waals surface area contributed by atoms with E-state index in [-0.39, 0.29) is 0 Å². The maximum atomic E-state index is 7.08. The van der Waals surface area contributed by atoms with Gasteiger partial charge in [0.15, 0.2) is 25.2 Å². The summed E-state index contributed by atoms with van der Waals surface area (Å²) in [7, 11) is 3.28. The second-order valence-electron chi connectivity index (χ2n) is 14.2. The van der Waals surface area contributed by atoms with Gasteiger partial charge < -0.3 is 33.2 Å². The lowest BCUT2D eigenvalue weighted by Crippen LogP contribution is -2.51. The van der Waals surface area contributed by atoms with Gasteiger partial charge in [0, 0.05) is 39.9 Å². The van der Waals surface area contributed by atoms with E-state index in [1.54, 1.807) is 14.2 Å². The Morgan fingerprint density at radius 1 is 0.490 bits per heavy atom. The molecule has 0 spiro atoms. The van der Waals surface area contributed by atoms with Gasteiger partial charge in [-0.05, 0) is 99.6 Å². The van der Waals surface area contributed by atoms with Crippen LogP contribution in [0.5, 0.6) is 11.5 Å². The van der Waals surface area contributed by atoms with E-state index < -0.39 is 11.6 Å². The molecule has 0 saturated carbocycles. The summed E-state index contributed by atoms with van der Waals surface area (Å²) in [5, 5.41) is 0. The number of hydrogen-bond acceptors (Lipinski definition) is 7. The van der Waals surface area contributed by atoms with Crippen molar-refractivity contribution < 1.29 is 33.2 Å². The highest BCUT2D eigenvalue weighted by Crippen LogP contribution is 2.41. The topological polar surface area (TPSA) is 64.6 Å². The Bertz CT molecular complexity index is 1000. The molecule has 2 aliphatic heterocycles. The Kier molecular flexibility index (Phi) is 18.9. The number of unbranched alkanes of at least 4 members (excludes halogenated alkanes) is 10. The fourth-order valence-corrected chi connectivity index (χ4v) is 7.27. The van der Waals surface area contributed by atoms with Crippen molar-refractivity contribution in [2.45, 2.75) is 153 Å². The second kappa shape index (κ2) is 23.3. The minimum Gasteiger partial charge on any atom is -0.468 e. The molecule has 49 heavy (non-hydrogen) atoms. The van der Waals surface area contributed by atoms with Crippen molar-refractivity contribution >= 4 is 0 Å². The van der Waals surface area contributed by atoms with E-state index in [9.17, 15) is 0 Å². The van der Waals surface area contributed by atoms with Gasteiger partial charge >= 0.3 is 0 Å². The molecule has 7 nitrogen and oxygen atoms in total. The van der Waals surface area contributed by atoms with Crippen molar-refractivity contribution in [1.82, 2.24) is 0 Å². The zero-order chi connectivity index (χ0) is 34.3. The summed E-state index contributed by atoms with van der Waals surface area (Å²) in [4.78, 5) is 0. The first-order valence-corrected chi connectivity index (χ1v) is 19.5. The SMILES string of the molecule is COCOc1ccc(CCCCCCCCC2(OC3(CCCCCCCCc4ccc(OCOC)cc4)CCCCO3)CCCCO2)cc1. The lowest BCUT2D eigenvalue weighted by molar-refractivity contribution is -0.380. The lowest BCUT2D eigenvalue weighted by Gasteiger charge is -2.47. The predicted molar refractivity (Wildman–Crippen MR) is 196 cm³/mol. The van der Waals surface area contributed by atoms with Crippen LogP contribution in [-0.4, -0.2) is 52.6 Å². The van der Waals surface area contributed by atoms with E-state index in [4.69, 9.17) is 33.2 Å². The van der Waals surface area contributed by atoms with Crippen molar-refractivity contribution in [3.05, 3.63) is 59.7 Å². The van der Waals surface area contributed by atoms with Crippen LogP contribution < -0.4 is 9.47 Å². The molecular formula is C42H66O7. The third-order valence-electron chi connectivity index (χ3n) is 10.1. The lowest BCUT2D eigenvalue weighted by atomic mass is 9.94. The Hall–Kier alpha value is -2.16. The first kappa shape index (κ1) is 39.6. The summed E-state index contributed by atoms with van der Waals surface area (Å²) in [5.74, 6) is 0.786. The number of aryl methyl sites for hydroxylation is 2. The number of methoxy groups -OCH3 is 2. The molecular weight excluding hydrogens is 616 g/mol. The summed E-state index contributed by atoms with van der Waals surface area (Å²) in [6.45, 7) is 2.20. The molecule has 2 unspecified atom stereocenters. The molecule has 0 radical (unpaired) electrons. The molecule has 2 saturated heterocycles. The van der Waals surface area contributed by atoms with Gasteiger partial charge in [0.25, 0.3) is 0 Å². The van der Waals surface area contributed by atoms with Crippen molar-refractivity contribution in [1.29, 1.82) is 0 Å². The Labute approximate surface area is 297 Å². The molecule has 0 amide bonds. The fraction of sp³-hybridized carbons (Fsp3) is 0.714. The minimum absolute atomic E-state index is 0.291. The molecule has 7 heteroatoms. The van der Waals surface area contributed by atoms with Gasteiger partial charge in [0.1, 0.15) is 11.5 Å². The molecule has 0 aliphatic carbocycles. The van der Waals surface area contributed by atoms with E-state index in [2.05, 4.69) is 24.3 Å². The summed E-state index contributed by atoms with van der Waals surface area (Å²) >= 11 is 0. The first-order chi connectivity index (χ1) is 24.1. The third kappa shape index (κ3) is 15.3. The molecule has 2 heterocycles. The van der Waals surface area contributed by atoms with E-state index in [1.165, 1.54) is 88.2 Å². The minimum atomic E-state index is -0.469. The van der Waals surface area contributed by atoms with Crippen LogP contribution in [0.15, 0.2) is 48.5 Å². The fourth-order valence-electron chi connectivity index (χ4n) is 7.27. The van der Waals surface area contributed by atoms with Crippen molar-refractivity contribution in [2.75, 3.05) is 41.0 Å². The van der Waals surface area contributed by atoms with Crippen LogP contribution in [0.2, 0.25) is 0 Å². The van der Waals surface area contributed by atoms with Crippen LogP contribution >= 0.6 is 0 Å². The van der Waals surface area contributed by atoms with Crippen LogP contribution in [0.1, 0.15) is 140 Å². The monoisotopic (exact) mass is 682 g/mol. The molecule has 2 aromatic rings. The third-order valence-corrected chi connectivity index (χ3v) is 10.1. The highest BCUT2D eigenvalue weighted by atomic mass is 16.8. The Balaban J connectivity index is 1.10. The predicted octanol–water partition coefficient (Wildman–Crippen LogP) is 10.7. The highest BCUT2D eigenvalue weighted by Gasteiger charge is 2.44. The van der Waals surface area contributed by atoms with E-state index in [0.717, 1.165) is 88.9 Å². The van der Waals surface area contributed by atoms with Gasteiger partial charge in [-0.15, -0.1) is 0 Å². The normalized spacial score (nSPS) is 21.1. The summed E-state index contributed by atoms with van der Waals surface area (Å²) in [6, 6.07) is 16.8. The summed E-state index contributed by atoms with van der Waals surface area (Å²) in [5.41, 5.74) is 2.75. The van der Waals surface area contributed by atoms with Crippen LogP contribution in [0.25, 0.3) is 0 Å². The first-order valence-electron chi connectivity index (χ1n) is 19.5. The molecule has 2 aliphatic rings. The van der Waals surface area contributed by atoms with Crippen LogP contribution in [-0.2, 0) is 36.5 Å². The van der Waals surface area contributed by atoms with Gasteiger partial charge in [0.05, 0.1) is 13.2 Å². The van der Waals surface area contributed by atoms with Crippen molar-refractivity contribution in [3.8, 4) is 11.5 Å². The molecule has 0 aromatic heterocycles. The van der Waals surface area contributed by atoms with E-state index in [0.29, 0.717) is 13.6 Å². The zero-order valence-corrected chi connectivity index (χ0v) is 30.9. The number of rotatable bonds is 26. The Morgan fingerprint density at radius 2 is 0.878 bits per heavy atom. The number of benzene rings is 2. The van der Waals surface area contributed by atoms with Gasteiger partial charge in [0.2, 0.25) is 0 Å². The Morgan fingerprint density at radius 3 is 1.24 bits per heavy atom. The van der Waals surface area contributed by atoms with Crippen LogP contribution in [0.4, 0.5) is 0 Å². The van der Waals surface area contributed by atoms with Gasteiger partial charge in [-0.25, -0.2) is 0 Å². The standard InChI is InChI=1S/C42H66O7/c1-43-35-45-39-25-21-37(22-26-39)19-11-7-3-5-9-13-29-41(31-15-17-33-47-41)49-42(32-16-18-34-48-42)30-14-10-6-4-8-12-20-38-23-27-40(28-24-38)46-36-44-2/h21-28H,3-20,29-36H2,1-2H3. The molecule has 276 valence electrons. The largest absolute Gasteiger partial charge is 0.468 e. The maximum Gasteiger partial charge on any atom is 0.188 e. The molecule has 2 aromatic carbocycles. The van der Waals surface area contributed by atoms with Gasteiger partial charge in [-0.2, -0.15) is 0 Å². The summed E-state index contributed by atoms with van der Waals surface area (Å²) < 4.78 is 41.1. The molecule has 4 rings (SSSR count). The molecule has 0 N–H and O–H groups in total. The van der Waals surface area contributed by atoms with Crippen molar-refractivity contribution in [3.63, 3.8) is 0 Å². The average Bonchev–Trinajstić information content (AvgIpc) is 3.14. The molecule has 0 bridgehead atoms. The zero-order valence-electron chi connectivity index (χ0n) is 30.9. The quantitative estimate of drug-likeness (QED) is 0.0723. The van der Waals surface area contributed by atoms with Crippen molar-refractivity contribution in [2.24, 2.45) is 0 Å². The summed E-state index contributed by atoms with van der Waals surface area (Å²) in [6.07, 6.45) is 25.8. The number of ether oxygens (including phenoxy) is 7. The molecule has 2 fully saturated rings. The van der Waals surface area contributed by atoms with Gasteiger partial charge in [-0.3, -0.25) is 0 Å². The second-order valence-corrected chi connectivity index (χ2v) is 14.2. The van der Waals surface area contributed by atoms with Gasteiger partial charge in [-0.1, -0.05) is 75.6 Å². The van der Waals surface area contributed by atoms with E-state index >= 15 is 0 Å².